The molecule has 1 saturated heterocycles. The zero-order chi connectivity index (χ0) is 8.97. The van der Waals surface area contributed by atoms with Gasteiger partial charge in [0.1, 0.15) is 0 Å². The Bertz CT molecular complexity index is 128. The van der Waals surface area contributed by atoms with Gasteiger partial charge in [-0.3, -0.25) is 0 Å². The molecule has 3 unspecified atom stereocenters. The molecule has 1 rings (SSSR count). The van der Waals surface area contributed by atoms with Crippen molar-refractivity contribution in [3.63, 3.8) is 0 Å². The van der Waals surface area contributed by atoms with Crippen LogP contribution in [-0.4, -0.2) is 48.8 Å². The number of hydrogen-bond acceptors (Lipinski definition) is 2. The molecule has 12 heavy (non-hydrogen) atoms. The Hall–Kier alpha value is 1.74. The molecule has 0 amide bonds. The van der Waals surface area contributed by atoms with Gasteiger partial charge in [0, 0.05) is 0 Å². The molecule has 0 bridgehead atoms. The fourth-order valence-electron chi connectivity index (χ4n) is 1.10. The zero-order valence-electron chi connectivity index (χ0n) is 7.02. The minimum absolute atomic E-state index is 0.735. The third kappa shape index (κ3) is 5.47. The van der Waals surface area contributed by atoms with Crippen molar-refractivity contribution in [1.29, 1.82) is 0 Å². The Balaban J connectivity index is 1.96. The van der Waals surface area contributed by atoms with Gasteiger partial charge in [-0.15, -0.1) is 0 Å². The van der Waals surface area contributed by atoms with Gasteiger partial charge in [0.2, 0.25) is 0 Å². The van der Waals surface area contributed by atoms with E-state index in [1.165, 1.54) is 25.0 Å². The van der Waals surface area contributed by atoms with E-state index in [1.807, 2.05) is 0 Å². The summed E-state index contributed by atoms with van der Waals surface area (Å²) in [5.41, 5.74) is 0. The fourth-order valence-corrected chi connectivity index (χ4v) is 3.39. The van der Waals surface area contributed by atoms with Crippen LogP contribution in [0.3, 0.4) is 0 Å². The maximum absolute atomic E-state index is 4.28. The Labute approximate surface area is 101 Å². The van der Waals surface area contributed by atoms with Crippen molar-refractivity contribution < 1.29 is 0 Å². The molecular weight excluding hydrogens is 318 g/mol. The molecule has 0 aliphatic carbocycles. The van der Waals surface area contributed by atoms with Gasteiger partial charge >= 0.3 is 102 Å². The maximum atomic E-state index is 4.28. The van der Waals surface area contributed by atoms with Crippen molar-refractivity contribution in [3.05, 3.63) is 0 Å². The Morgan fingerprint density at radius 2 is 1.92 bits per heavy atom. The summed E-state index contributed by atoms with van der Waals surface area (Å²) in [5, 5.41) is 0.999. The van der Waals surface area contributed by atoms with E-state index in [9.17, 15) is 0 Å². The van der Waals surface area contributed by atoms with Crippen LogP contribution in [0.15, 0.2) is 0 Å². The molecule has 3 atom stereocenters. The van der Waals surface area contributed by atoms with Crippen molar-refractivity contribution in [2.75, 3.05) is 11.5 Å². The minimum atomic E-state index is 0.735. The molecule has 0 nitrogen and oxygen atoms in total. The van der Waals surface area contributed by atoms with Crippen molar-refractivity contribution in [2.45, 2.75) is 34.1 Å². The number of rotatable bonds is 6. The Kier molecular flexibility index (Phi) is 6.17. The second-order valence-corrected chi connectivity index (χ2v) is 8.02. The summed E-state index contributed by atoms with van der Waals surface area (Å²) in [5.74, 6) is 2.42. The molecule has 4 heteroatoms. The third-order valence-corrected chi connectivity index (χ3v) is 5.95. The molecule has 1 heterocycles. The first-order valence-electron chi connectivity index (χ1n) is 4.31. The number of hydrogen-bond donors (Lipinski definition) is 1. The molecule has 1 aliphatic rings. The zero-order valence-corrected chi connectivity index (χ0v) is 12.5. The average Bonchev–Trinajstić information content (AvgIpc) is 2.84. The molecule has 0 aromatic rings. The van der Waals surface area contributed by atoms with Gasteiger partial charge in [0.25, 0.3) is 0 Å². The predicted octanol–water partition coefficient (Wildman–Crippen LogP) is 1.58. The van der Waals surface area contributed by atoms with Crippen LogP contribution in [0.4, 0.5) is 0 Å². The summed E-state index contributed by atoms with van der Waals surface area (Å²) < 4.78 is 0. The van der Waals surface area contributed by atoms with E-state index < -0.39 is 0 Å². The normalized spacial score (nSPS) is 26.8. The molecule has 72 valence electrons. The van der Waals surface area contributed by atoms with Gasteiger partial charge in [-0.1, -0.05) is 0 Å². The first-order chi connectivity index (χ1) is 5.72. The van der Waals surface area contributed by atoms with Crippen molar-refractivity contribution >= 4 is 56.4 Å². The average molecular weight is 334 g/mol. The van der Waals surface area contributed by atoms with Crippen LogP contribution in [0, 0.1) is 0 Å². The monoisotopic (exact) mass is 336 g/mol. The summed E-state index contributed by atoms with van der Waals surface area (Å²) in [4.78, 5) is 1.60. The molecule has 0 aromatic carbocycles. The Morgan fingerprint density at radius 1 is 1.33 bits per heavy atom. The molecular formula is C8H16S2Se2. The summed E-state index contributed by atoms with van der Waals surface area (Å²) in [6.45, 7) is 0. The second kappa shape index (κ2) is 6.27. The van der Waals surface area contributed by atoms with Crippen LogP contribution in [0.1, 0.15) is 19.3 Å². The van der Waals surface area contributed by atoms with Gasteiger partial charge in [-0.05, 0) is 0 Å². The molecule has 1 aliphatic heterocycles. The van der Waals surface area contributed by atoms with E-state index in [0.29, 0.717) is 0 Å². The summed E-state index contributed by atoms with van der Waals surface area (Å²) in [6, 6.07) is 0. The van der Waals surface area contributed by atoms with Gasteiger partial charge in [-0.2, -0.15) is 0 Å². The van der Waals surface area contributed by atoms with Gasteiger partial charge in [0.15, 0.2) is 0 Å². The number of thioether (sulfide) groups is 1. The number of thiol groups is 1. The van der Waals surface area contributed by atoms with E-state index in [2.05, 4.69) is 56.4 Å². The molecule has 0 radical (unpaired) electrons. The van der Waals surface area contributed by atoms with Crippen LogP contribution >= 0.6 is 24.4 Å². The first-order valence-corrected chi connectivity index (χ1v) is 8.15. The van der Waals surface area contributed by atoms with Crippen molar-refractivity contribution in [2.24, 2.45) is 0 Å². The second-order valence-electron chi connectivity index (χ2n) is 3.26. The molecule has 0 saturated carbocycles. The van der Waals surface area contributed by atoms with Gasteiger partial charge < -0.3 is 0 Å². The van der Waals surface area contributed by atoms with Crippen LogP contribution in [0.5, 0.6) is 0 Å². The van der Waals surface area contributed by atoms with E-state index >= 15 is 0 Å². The van der Waals surface area contributed by atoms with Gasteiger partial charge in [-0.25, -0.2) is 0 Å². The SMILES string of the molecule is SCC([SeH])CCC([SeH])CC1CS1. The van der Waals surface area contributed by atoms with Crippen LogP contribution in [0.25, 0.3) is 0 Å². The molecule has 0 spiro atoms. The van der Waals surface area contributed by atoms with E-state index in [0.717, 1.165) is 20.6 Å². The van der Waals surface area contributed by atoms with Gasteiger partial charge in [0.05, 0.1) is 0 Å². The van der Waals surface area contributed by atoms with Crippen LogP contribution < -0.4 is 0 Å². The van der Waals surface area contributed by atoms with E-state index in [-0.39, 0.29) is 0 Å². The van der Waals surface area contributed by atoms with Crippen LogP contribution in [0.2, 0.25) is 9.63 Å². The quantitative estimate of drug-likeness (QED) is 0.437. The molecule has 1 fully saturated rings. The summed E-state index contributed by atoms with van der Waals surface area (Å²) >= 11 is 11.9. The fraction of sp³-hybridized carbons (Fsp3) is 1.00. The summed E-state index contributed by atoms with van der Waals surface area (Å²) in [7, 11) is 0. The van der Waals surface area contributed by atoms with E-state index in [4.69, 9.17) is 0 Å². The molecule has 0 N–H and O–H groups in total. The summed E-state index contributed by atoms with van der Waals surface area (Å²) in [6.07, 6.45) is 4.09. The third-order valence-electron chi connectivity index (χ3n) is 1.98. The van der Waals surface area contributed by atoms with E-state index in [1.54, 1.807) is 0 Å². The standard InChI is InChI=1S/C8H16S2Se2/c9-4-8(12)2-1-7(11)3-6-5-10-6/h6-9,11-12H,1-5H2. The predicted molar refractivity (Wildman–Crippen MR) is 65.7 cm³/mol. The Morgan fingerprint density at radius 3 is 2.42 bits per heavy atom. The first kappa shape index (κ1) is 11.8. The van der Waals surface area contributed by atoms with Crippen molar-refractivity contribution in [1.82, 2.24) is 0 Å². The molecule has 0 aromatic heterocycles. The van der Waals surface area contributed by atoms with Crippen LogP contribution in [-0.2, 0) is 0 Å². The van der Waals surface area contributed by atoms with Crippen molar-refractivity contribution in [3.8, 4) is 0 Å². The topological polar surface area (TPSA) is 0 Å².